The highest BCUT2D eigenvalue weighted by Gasteiger charge is 2.41. The van der Waals surface area contributed by atoms with Gasteiger partial charge in [-0.2, -0.15) is 0 Å². The van der Waals surface area contributed by atoms with Crippen LogP contribution in [0.2, 0.25) is 0 Å². The number of H-pyrrole nitrogens is 1. The van der Waals surface area contributed by atoms with Crippen molar-refractivity contribution in [2.45, 2.75) is 62.8 Å². The lowest BCUT2D eigenvalue weighted by molar-refractivity contribution is -0.286. The van der Waals surface area contributed by atoms with Crippen molar-refractivity contribution in [3.05, 3.63) is 32.6 Å². The zero-order valence-corrected chi connectivity index (χ0v) is 19.9. The first kappa shape index (κ1) is 28.3. The summed E-state index contributed by atoms with van der Waals surface area (Å²) in [5.41, 5.74) is -1.27. The summed E-state index contributed by atoms with van der Waals surface area (Å²) in [6.07, 6.45) is -9.58. The van der Waals surface area contributed by atoms with Gasteiger partial charge in [0.2, 0.25) is 0 Å². The third kappa shape index (κ3) is 7.14. The average molecular weight is 546 g/mol. The Morgan fingerprint density at radius 1 is 1.14 bits per heavy atom. The van der Waals surface area contributed by atoms with E-state index in [1.165, 1.54) is 13.1 Å². The average Bonchev–Trinajstić information content (AvgIpc) is 3.11. The van der Waals surface area contributed by atoms with Crippen LogP contribution in [0.1, 0.15) is 24.6 Å². The number of aliphatic hydroxyl groups is 4. The maximum atomic E-state index is 12.0. The number of ether oxygens (including phenoxy) is 2. The summed E-state index contributed by atoms with van der Waals surface area (Å²) in [6.45, 7) is -0.132. The summed E-state index contributed by atoms with van der Waals surface area (Å²) in [6, 6.07) is 0. The summed E-state index contributed by atoms with van der Waals surface area (Å²) in [4.78, 5) is 49.5. The molecule has 5 N–H and O–H groups in total. The lowest BCUT2D eigenvalue weighted by atomic mass is 10.0. The number of hydrogen-bond acceptors (Lipinski definition) is 15. The van der Waals surface area contributed by atoms with Gasteiger partial charge < -0.3 is 44.2 Å². The molecule has 9 atom stereocenters. The number of nitrogens with zero attached hydrogens (tertiary/aromatic N) is 1. The monoisotopic (exact) mass is 546 g/mol. The fourth-order valence-electron chi connectivity index (χ4n) is 3.41. The van der Waals surface area contributed by atoms with Crippen LogP contribution in [-0.2, 0) is 32.0 Å². The minimum Gasteiger partial charge on any atom is -0.756 e. The van der Waals surface area contributed by atoms with E-state index in [4.69, 9.17) is 14.6 Å². The molecule has 2 unspecified atom stereocenters. The minimum atomic E-state index is -5.75. The number of hydrogen-bond donors (Lipinski definition) is 5. The SMILES string of the molecule is Cc1cn([C@H]2C[C@H](O)[C@@H](COP(=O)([O-])OP(=O)([O-])O[C@H]3O[C@H](CO)C[C@H](O)[C@H]3O)O2)c(=O)[nH]c1=O. The van der Waals surface area contributed by atoms with Crippen LogP contribution in [0.5, 0.6) is 0 Å². The van der Waals surface area contributed by atoms with Gasteiger partial charge >= 0.3 is 5.69 Å². The molecule has 1 aromatic rings. The Hall–Kier alpha value is -1.30. The molecule has 2 fully saturated rings. The van der Waals surface area contributed by atoms with Gasteiger partial charge in [-0.1, -0.05) is 0 Å². The van der Waals surface area contributed by atoms with Gasteiger partial charge in [-0.15, -0.1) is 0 Å². The van der Waals surface area contributed by atoms with Gasteiger partial charge in [0.15, 0.2) is 6.29 Å². The third-order valence-corrected chi connectivity index (χ3v) is 7.73. The predicted octanol–water partition coefficient (Wildman–Crippen LogP) is -3.69. The molecule has 2 saturated heterocycles. The van der Waals surface area contributed by atoms with Gasteiger partial charge in [0.05, 0.1) is 31.5 Å². The van der Waals surface area contributed by atoms with Crippen molar-refractivity contribution in [2.75, 3.05) is 13.2 Å². The number of phosphoric acid groups is 2. The molecule has 0 radical (unpaired) electrons. The molecule has 17 nitrogen and oxygen atoms in total. The molecule has 0 bridgehead atoms. The van der Waals surface area contributed by atoms with Crippen molar-refractivity contribution < 1.29 is 62.2 Å². The molecule has 200 valence electrons. The first-order chi connectivity index (χ1) is 16.2. The lowest BCUT2D eigenvalue weighted by Gasteiger charge is -2.39. The van der Waals surface area contributed by atoms with Gasteiger partial charge in [-0.3, -0.25) is 28.0 Å². The normalized spacial score (nSPS) is 34.9. The number of aromatic nitrogens is 2. The van der Waals surface area contributed by atoms with E-state index in [9.17, 15) is 43.8 Å². The highest BCUT2D eigenvalue weighted by Crippen LogP contribution is 2.57. The zero-order chi connectivity index (χ0) is 26.1. The molecular weight excluding hydrogens is 522 g/mol. The highest BCUT2D eigenvalue weighted by atomic mass is 31.3. The number of aromatic amines is 1. The van der Waals surface area contributed by atoms with Gasteiger partial charge in [-0.25, -0.2) is 9.11 Å². The standard InChI is InChI=1S/C16H26N2O15P2/c1-7-4-18(16(24)17-14(7)23)12-3-9(20)11(31-12)6-29-34(25,26)33-35(27,28)32-15-13(22)10(21)2-8(5-19)30-15/h4,8-13,15,19-22H,2-3,5-6H2,1H3,(H,25,26)(H,27,28)(H,17,23,24)/p-2/t8-,9-,10-,11+,12+,13+,15+/m0/s1. The van der Waals surface area contributed by atoms with E-state index in [2.05, 4.69) is 13.4 Å². The second-order valence-electron chi connectivity index (χ2n) is 7.89. The Bertz CT molecular complexity index is 1110. The van der Waals surface area contributed by atoms with E-state index in [1.54, 1.807) is 0 Å². The summed E-state index contributed by atoms with van der Waals surface area (Å²) >= 11 is 0. The van der Waals surface area contributed by atoms with Gasteiger partial charge in [0.25, 0.3) is 21.2 Å². The van der Waals surface area contributed by atoms with Crippen LogP contribution in [0.15, 0.2) is 15.8 Å². The third-order valence-electron chi connectivity index (χ3n) is 5.20. The molecule has 2 aliphatic rings. The fraction of sp³-hybridized carbons (Fsp3) is 0.750. The molecular formula is C16H24N2O15P2-2. The second kappa shape index (κ2) is 11.0. The number of aliphatic hydroxyl groups excluding tert-OH is 4. The predicted molar refractivity (Wildman–Crippen MR) is 106 cm³/mol. The Kier molecular flexibility index (Phi) is 8.87. The van der Waals surface area contributed by atoms with Crippen molar-refractivity contribution in [1.82, 2.24) is 9.55 Å². The number of nitrogens with one attached hydrogen (secondary N) is 1. The smallest absolute Gasteiger partial charge is 0.330 e. The van der Waals surface area contributed by atoms with Gasteiger partial charge in [0, 0.05) is 24.6 Å². The van der Waals surface area contributed by atoms with Crippen LogP contribution in [0.25, 0.3) is 0 Å². The maximum Gasteiger partial charge on any atom is 0.330 e. The summed E-state index contributed by atoms with van der Waals surface area (Å²) in [7, 11) is -11.4. The molecule has 0 saturated carbocycles. The Morgan fingerprint density at radius 2 is 1.83 bits per heavy atom. The molecule has 0 aliphatic carbocycles. The number of phosphoric ester groups is 2. The second-order valence-corrected chi connectivity index (χ2v) is 10.8. The van der Waals surface area contributed by atoms with Crippen molar-refractivity contribution in [2.24, 2.45) is 0 Å². The van der Waals surface area contributed by atoms with E-state index in [0.29, 0.717) is 0 Å². The molecule has 0 aromatic carbocycles. The Balaban J connectivity index is 1.58. The van der Waals surface area contributed by atoms with Crippen LogP contribution >= 0.6 is 15.6 Å². The summed E-state index contributed by atoms with van der Waals surface area (Å²) < 4.78 is 48.1. The van der Waals surface area contributed by atoms with E-state index in [1.807, 2.05) is 4.98 Å². The zero-order valence-electron chi connectivity index (χ0n) is 18.1. The quantitative estimate of drug-likeness (QED) is 0.187. The minimum absolute atomic E-state index is 0.177. The van der Waals surface area contributed by atoms with E-state index >= 15 is 0 Å². The molecule has 0 amide bonds. The van der Waals surface area contributed by atoms with Crippen LogP contribution in [-0.4, -0.2) is 80.0 Å². The Labute approximate surface area is 196 Å². The van der Waals surface area contributed by atoms with Crippen molar-refractivity contribution in [3.63, 3.8) is 0 Å². The molecule has 1 aromatic heterocycles. The topological polar surface area (TPSA) is 262 Å². The van der Waals surface area contributed by atoms with E-state index < -0.39 is 83.1 Å². The van der Waals surface area contributed by atoms with Crippen LogP contribution in [0.3, 0.4) is 0 Å². The van der Waals surface area contributed by atoms with Crippen molar-refractivity contribution >= 4 is 15.6 Å². The van der Waals surface area contributed by atoms with Gasteiger partial charge in [-0.05, 0) is 6.92 Å². The highest BCUT2D eigenvalue weighted by molar-refractivity contribution is 7.59. The Morgan fingerprint density at radius 3 is 2.49 bits per heavy atom. The van der Waals surface area contributed by atoms with Crippen molar-refractivity contribution in [1.29, 1.82) is 0 Å². The first-order valence-corrected chi connectivity index (χ1v) is 13.1. The summed E-state index contributed by atoms with van der Waals surface area (Å²) in [5.74, 6) is 0. The first-order valence-electron chi connectivity index (χ1n) is 10.2. The van der Waals surface area contributed by atoms with E-state index in [-0.39, 0.29) is 18.4 Å². The van der Waals surface area contributed by atoms with Crippen LogP contribution in [0, 0.1) is 6.92 Å². The molecule has 19 heteroatoms. The van der Waals surface area contributed by atoms with E-state index in [0.717, 1.165) is 4.57 Å². The molecule has 0 spiro atoms. The van der Waals surface area contributed by atoms with Crippen molar-refractivity contribution in [3.8, 4) is 0 Å². The molecule has 3 heterocycles. The van der Waals surface area contributed by atoms with Crippen LogP contribution < -0.4 is 21.0 Å². The molecule has 2 aliphatic heterocycles. The largest absolute Gasteiger partial charge is 0.756 e. The number of aryl methyl sites for hydroxylation is 1. The van der Waals surface area contributed by atoms with Crippen LogP contribution in [0.4, 0.5) is 0 Å². The maximum absolute atomic E-state index is 12.0. The molecule has 35 heavy (non-hydrogen) atoms. The number of rotatable bonds is 9. The molecule has 3 rings (SSSR count). The lowest BCUT2D eigenvalue weighted by Crippen LogP contribution is -2.50. The summed E-state index contributed by atoms with van der Waals surface area (Å²) in [5, 5.41) is 38.7. The fourth-order valence-corrected chi connectivity index (χ4v) is 5.49. The van der Waals surface area contributed by atoms with Gasteiger partial charge in [0.1, 0.15) is 18.4 Å².